The van der Waals surface area contributed by atoms with Crippen molar-refractivity contribution in [2.45, 2.75) is 6.92 Å². The Bertz CT molecular complexity index is 903. The van der Waals surface area contributed by atoms with Crippen molar-refractivity contribution in [3.63, 3.8) is 0 Å². The second kappa shape index (κ2) is 6.21. The van der Waals surface area contributed by atoms with Crippen molar-refractivity contribution in [3.05, 3.63) is 39.7 Å². The normalized spacial score (nSPS) is 10.9. The van der Waals surface area contributed by atoms with Gasteiger partial charge in [-0.1, -0.05) is 11.6 Å². The van der Waals surface area contributed by atoms with Crippen LogP contribution in [0.5, 0.6) is 0 Å². The summed E-state index contributed by atoms with van der Waals surface area (Å²) < 4.78 is 2.81. The Morgan fingerprint density at radius 2 is 2.04 bits per heavy atom. The van der Waals surface area contributed by atoms with E-state index in [2.05, 4.69) is 30.8 Å². The third kappa shape index (κ3) is 3.09. The van der Waals surface area contributed by atoms with E-state index in [1.54, 1.807) is 11.6 Å². The Morgan fingerprint density at radius 3 is 2.87 bits per heavy atom. The van der Waals surface area contributed by atoms with Gasteiger partial charge in [-0.3, -0.25) is 4.79 Å². The van der Waals surface area contributed by atoms with Gasteiger partial charge in [0.15, 0.2) is 0 Å². The SMILES string of the molecule is Cc1cc(NCCNc2cnn(C)c(=O)c2Cl)n2ncnc2n1. The molecule has 0 saturated heterocycles. The predicted molar refractivity (Wildman–Crippen MR) is 87.0 cm³/mol. The molecule has 120 valence electrons. The number of rotatable bonds is 5. The maximum atomic E-state index is 11.7. The van der Waals surface area contributed by atoms with Gasteiger partial charge in [-0.05, 0) is 6.92 Å². The number of aryl methyl sites for hydroxylation is 2. The molecule has 0 spiro atoms. The lowest BCUT2D eigenvalue weighted by molar-refractivity contribution is 0.708. The molecule has 0 aromatic carbocycles. The van der Waals surface area contributed by atoms with E-state index >= 15 is 0 Å². The Kier molecular flexibility index (Phi) is 4.11. The van der Waals surface area contributed by atoms with Crippen LogP contribution in [-0.2, 0) is 7.05 Å². The number of halogens is 1. The monoisotopic (exact) mass is 334 g/mol. The summed E-state index contributed by atoms with van der Waals surface area (Å²) in [7, 11) is 1.55. The lowest BCUT2D eigenvalue weighted by Gasteiger charge is -2.11. The molecular formula is C13H15ClN8O. The van der Waals surface area contributed by atoms with Gasteiger partial charge in [0, 0.05) is 31.9 Å². The van der Waals surface area contributed by atoms with Gasteiger partial charge in [-0.15, -0.1) is 0 Å². The van der Waals surface area contributed by atoms with E-state index in [1.165, 1.54) is 17.2 Å². The summed E-state index contributed by atoms with van der Waals surface area (Å²) in [5.41, 5.74) is 1.02. The van der Waals surface area contributed by atoms with Crippen LogP contribution in [0.25, 0.3) is 5.78 Å². The van der Waals surface area contributed by atoms with Crippen molar-refractivity contribution < 1.29 is 0 Å². The fourth-order valence-electron chi connectivity index (χ4n) is 2.08. The van der Waals surface area contributed by atoms with Crippen LogP contribution < -0.4 is 16.2 Å². The van der Waals surface area contributed by atoms with Crippen LogP contribution in [0.15, 0.2) is 23.4 Å². The average Bonchev–Trinajstić information content (AvgIpc) is 2.99. The third-order valence-electron chi connectivity index (χ3n) is 3.20. The standard InChI is InChI=1S/C13H15ClN8O/c1-8-5-10(22-13(20-8)17-7-19-22)16-4-3-15-9-6-18-21(2)12(23)11(9)14/h5-7,15-16H,3-4H2,1-2H3. The Morgan fingerprint density at radius 1 is 1.26 bits per heavy atom. The van der Waals surface area contributed by atoms with Crippen molar-refractivity contribution in [2.75, 3.05) is 23.7 Å². The van der Waals surface area contributed by atoms with E-state index < -0.39 is 0 Å². The van der Waals surface area contributed by atoms with E-state index in [1.807, 2.05) is 13.0 Å². The molecule has 2 N–H and O–H groups in total. The summed E-state index contributed by atoms with van der Waals surface area (Å²) >= 11 is 5.99. The molecule has 0 unspecified atom stereocenters. The van der Waals surface area contributed by atoms with Gasteiger partial charge in [-0.2, -0.15) is 19.7 Å². The van der Waals surface area contributed by atoms with Gasteiger partial charge in [0.25, 0.3) is 11.3 Å². The number of hydrogen-bond acceptors (Lipinski definition) is 7. The van der Waals surface area contributed by atoms with Crippen LogP contribution >= 0.6 is 11.6 Å². The second-order valence-electron chi connectivity index (χ2n) is 4.91. The van der Waals surface area contributed by atoms with Gasteiger partial charge < -0.3 is 10.6 Å². The first-order valence-electron chi connectivity index (χ1n) is 6.93. The Balaban J connectivity index is 1.65. The first-order valence-corrected chi connectivity index (χ1v) is 7.31. The second-order valence-corrected chi connectivity index (χ2v) is 5.29. The zero-order chi connectivity index (χ0) is 16.4. The number of nitrogens with zero attached hydrogens (tertiary/aromatic N) is 6. The first kappa shape index (κ1) is 15.2. The Labute approximate surface area is 136 Å². The van der Waals surface area contributed by atoms with Gasteiger partial charge >= 0.3 is 0 Å². The topological polar surface area (TPSA) is 102 Å². The highest BCUT2D eigenvalue weighted by Crippen LogP contribution is 2.14. The van der Waals surface area contributed by atoms with E-state index in [0.717, 1.165) is 11.5 Å². The van der Waals surface area contributed by atoms with Crippen molar-refractivity contribution >= 4 is 28.9 Å². The van der Waals surface area contributed by atoms with Gasteiger partial charge in [-0.25, -0.2) is 9.67 Å². The molecule has 0 saturated carbocycles. The smallest absolute Gasteiger partial charge is 0.287 e. The van der Waals surface area contributed by atoms with Crippen LogP contribution in [-0.4, -0.2) is 42.5 Å². The molecule has 0 radical (unpaired) electrons. The molecule has 3 aromatic rings. The van der Waals surface area contributed by atoms with E-state index in [9.17, 15) is 4.79 Å². The zero-order valence-corrected chi connectivity index (χ0v) is 13.4. The molecule has 0 bridgehead atoms. The molecule has 0 fully saturated rings. The van der Waals surface area contributed by atoms with Gasteiger partial charge in [0.1, 0.15) is 17.2 Å². The van der Waals surface area contributed by atoms with Gasteiger partial charge in [0.05, 0.1) is 11.9 Å². The summed E-state index contributed by atoms with van der Waals surface area (Å²) in [4.78, 5) is 20.0. The summed E-state index contributed by atoms with van der Waals surface area (Å²) in [5, 5.41) is 14.5. The third-order valence-corrected chi connectivity index (χ3v) is 3.57. The molecule has 3 heterocycles. The van der Waals surface area contributed by atoms with Crippen molar-refractivity contribution in [2.24, 2.45) is 7.05 Å². The molecule has 3 aromatic heterocycles. The van der Waals surface area contributed by atoms with Crippen LogP contribution in [0.3, 0.4) is 0 Å². The molecule has 3 rings (SSSR count). The molecular weight excluding hydrogens is 320 g/mol. The molecule has 0 aliphatic carbocycles. The number of fused-ring (bicyclic) bond motifs is 1. The summed E-state index contributed by atoms with van der Waals surface area (Å²) in [6.07, 6.45) is 2.98. The zero-order valence-electron chi connectivity index (χ0n) is 12.6. The summed E-state index contributed by atoms with van der Waals surface area (Å²) in [6.45, 7) is 3.03. The quantitative estimate of drug-likeness (QED) is 0.662. The summed E-state index contributed by atoms with van der Waals surface area (Å²) in [6, 6.07) is 1.88. The lowest BCUT2D eigenvalue weighted by atomic mass is 10.4. The van der Waals surface area contributed by atoms with Crippen molar-refractivity contribution in [1.82, 2.24) is 29.4 Å². The van der Waals surface area contributed by atoms with E-state index in [4.69, 9.17) is 11.6 Å². The van der Waals surface area contributed by atoms with Crippen LogP contribution in [0.1, 0.15) is 5.69 Å². The molecule has 9 nitrogen and oxygen atoms in total. The maximum Gasteiger partial charge on any atom is 0.287 e. The number of nitrogens with one attached hydrogen (secondary N) is 2. The highest BCUT2D eigenvalue weighted by Gasteiger charge is 2.07. The summed E-state index contributed by atoms with van der Waals surface area (Å²) in [5.74, 6) is 1.33. The molecule has 10 heteroatoms. The molecule has 0 aliphatic rings. The van der Waals surface area contributed by atoms with Gasteiger partial charge in [0.2, 0.25) is 0 Å². The maximum absolute atomic E-state index is 11.7. The van der Waals surface area contributed by atoms with Crippen LogP contribution in [0.2, 0.25) is 5.02 Å². The number of aromatic nitrogens is 6. The lowest BCUT2D eigenvalue weighted by Crippen LogP contribution is -2.22. The van der Waals surface area contributed by atoms with Crippen LogP contribution in [0, 0.1) is 6.92 Å². The molecule has 0 amide bonds. The number of anilines is 2. The Hall–Kier alpha value is -2.68. The first-order chi connectivity index (χ1) is 11.1. The fraction of sp³-hybridized carbons (Fsp3) is 0.308. The highest BCUT2D eigenvalue weighted by molar-refractivity contribution is 6.32. The molecule has 0 aliphatic heterocycles. The predicted octanol–water partition coefficient (Wildman–Crippen LogP) is 0.704. The fourth-order valence-corrected chi connectivity index (χ4v) is 2.32. The average molecular weight is 335 g/mol. The van der Waals surface area contributed by atoms with Crippen molar-refractivity contribution in [1.29, 1.82) is 0 Å². The minimum atomic E-state index is -0.335. The molecule has 23 heavy (non-hydrogen) atoms. The molecule has 0 atom stereocenters. The van der Waals surface area contributed by atoms with Crippen molar-refractivity contribution in [3.8, 4) is 0 Å². The number of hydrogen-bond donors (Lipinski definition) is 2. The highest BCUT2D eigenvalue weighted by atomic mass is 35.5. The van der Waals surface area contributed by atoms with E-state index in [-0.39, 0.29) is 10.6 Å². The largest absolute Gasteiger partial charge is 0.381 e. The van der Waals surface area contributed by atoms with Crippen LogP contribution in [0.4, 0.5) is 11.5 Å². The minimum Gasteiger partial charge on any atom is -0.381 e. The van der Waals surface area contributed by atoms with E-state index in [0.29, 0.717) is 24.6 Å². The minimum absolute atomic E-state index is 0.126.